The lowest BCUT2D eigenvalue weighted by atomic mass is 9.99. The molecule has 2 heterocycles. The number of hydrogen-bond donors (Lipinski definition) is 2. The van der Waals surface area contributed by atoms with Gasteiger partial charge in [-0.15, -0.1) is 0 Å². The minimum atomic E-state index is 0.0161. The summed E-state index contributed by atoms with van der Waals surface area (Å²) < 4.78 is 6.11. The molecule has 4 rings (SSSR count). The molecule has 1 saturated heterocycles. The van der Waals surface area contributed by atoms with E-state index in [4.69, 9.17) is 10.1 Å². The molecule has 0 radical (unpaired) electrons. The third-order valence-electron chi connectivity index (χ3n) is 6.34. The number of aromatic nitrogens is 1. The SMILES string of the molecule is CSCC(=O)N1CCC[C@H]1CNc1ccncc1C(=N)c1ccc(OC2C=CC=CC2C)cc1. The summed E-state index contributed by atoms with van der Waals surface area (Å²) in [7, 11) is 0. The van der Waals surface area contributed by atoms with E-state index in [0.717, 1.165) is 42.0 Å². The second kappa shape index (κ2) is 11.4. The number of thioether (sulfide) groups is 1. The number of carbonyl (C=O) groups excluding carboxylic acids is 1. The molecule has 1 aliphatic carbocycles. The van der Waals surface area contributed by atoms with Crippen LogP contribution in [0, 0.1) is 11.3 Å². The van der Waals surface area contributed by atoms with Crippen molar-refractivity contribution in [2.75, 3.05) is 30.4 Å². The first-order valence-electron chi connectivity index (χ1n) is 11.7. The topological polar surface area (TPSA) is 78.3 Å². The molecule has 0 saturated carbocycles. The number of amides is 1. The lowest BCUT2D eigenvalue weighted by Gasteiger charge is -2.25. The summed E-state index contributed by atoms with van der Waals surface area (Å²) in [5.41, 5.74) is 2.80. The molecular weight excluding hydrogens is 444 g/mol. The zero-order valence-electron chi connectivity index (χ0n) is 19.7. The zero-order chi connectivity index (χ0) is 23.9. The number of hydrogen-bond acceptors (Lipinski definition) is 6. The highest BCUT2D eigenvalue weighted by molar-refractivity contribution is 7.99. The maximum atomic E-state index is 12.4. The van der Waals surface area contributed by atoms with Crippen molar-refractivity contribution < 1.29 is 9.53 Å². The smallest absolute Gasteiger partial charge is 0.232 e. The first-order chi connectivity index (χ1) is 16.6. The number of rotatable bonds is 9. The molecular formula is C27H32N4O2S. The molecule has 2 unspecified atom stereocenters. The predicted octanol–water partition coefficient (Wildman–Crippen LogP) is 4.77. The monoisotopic (exact) mass is 476 g/mol. The van der Waals surface area contributed by atoms with E-state index < -0.39 is 0 Å². The highest BCUT2D eigenvalue weighted by Crippen LogP contribution is 2.24. The van der Waals surface area contributed by atoms with Gasteiger partial charge in [-0.25, -0.2) is 0 Å². The van der Waals surface area contributed by atoms with Crippen LogP contribution >= 0.6 is 11.8 Å². The van der Waals surface area contributed by atoms with E-state index in [-0.39, 0.29) is 18.1 Å². The molecule has 7 heteroatoms. The van der Waals surface area contributed by atoms with Crippen molar-refractivity contribution in [2.45, 2.75) is 31.9 Å². The first kappa shape index (κ1) is 24.1. The molecule has 1 fully saturated rings. The van der Waals surface area contributed by atoms with Gasteiger partial charge in [0.2, 0.25) is 5.91 Å². The average Bonchev–Trinajstić information content (AvgIpc) is 3.33. The van der Waals surface area contributed by atoms with Crippen LogP contribution in [0.15, 0.2) is 67.0 Å². The maximum Gasteiger partial charge on any atom is 0.232 e. The summed E-state index contributed by atoms with van der Waals surface area (Å²) >= 11 is 1.56. The van der Waals surface area contributed by atoms with Crippen LogP contribution in [-0.4, -0.2) is 58.7 Å². The van der Waals surface area contributed by atoms with Crippen molar-refractivity contribution >= 4 is 29.1 Å². The summed E-state index contributed by atoms with van der Waals surface area (Å²) in [5, 5.41) is 12.3. The van der Waals surface area contributed by atoms with Crippen molar-refractivity contribution in [3.63, 3.8) is 0 Å². The van der Waals surface area contributed by atoms with Gasteiger partial charge < -0.3 is 15.0 Å². The molecule has 2 aliphatic rings. The van der Waals surface area contributed by atoms with Crippen LogP contribution < -0.4 is 10.1 Å². The van der Waals surface area contributed by atoms with Gasteiger partial charge in [0.15, 0.2) is 0 Å². The molecule has 34 heavy (non-hydrogen) atoms. The summed E-state index contributed by atoms with van der Waals surface area (Å²) in [6, 6.07) is 9.74. The molecule has 3 atom stereocenters. The van der Waals surface area contributed by atoms with Crippen LogP contribution in [0.1, 0.15) is 30.9 Å². The quantitative estimate of drug-likeness (QED) is 0.510. The Hall–Kier alpha value is -3.06. The van der Waals surface area contributed by atoms with E-state index >= 15 is 0 Å². The van der Waals surface area contributed by atoms with Gasteiger partial charge >= 0.3 is 0 Å². The Bertz CT molecular complexity index is 1070. The van der Waals surface area contributed by atoms with Gasteiger partial charge in [0.05, 0.1) is 11.5 Å². The number of benzene rings is 1. The van der Waals surface area contributed by atoms with Gasteiger partial charge in [-0.3, -0.25) is 15.2 Å². The van der Waals surface area contributed by atoms with Crippen molar-refractivity contribution in [1.82, 2.24) is 9.88 Å². The number of pyridine rings is 1. The van der Waals surface area contributed by atoms with E-state index in [0.29, 0.717) is 23.9 Å². The van der Waals surface area contributed by atoms with Crippen LogP contribution in [0.3, 0.4) is 0 Å². The predicted molar refractivity (Wildman–Crippen MR) is 140 cm³/mol. The Kier molecular flexibility index (Phi) is 8.06. The normalized spacial score (nSPS) is 21.5. The van der Waals surface area contributed by atoms with Crippen LogP contribution in [0.4, 0.5) is 5.69 Å². The summed E-state index contributed by atoms with van der Waals surface area (Å²) in [6.45, 7) is 3.62. The second-order valence-corrected chi connectivity index (χ2v) is 9.60. The maximum absolute atomic E-state index is 12.4. The number of carbonyl (C=O) groups is 1. The van der Waals surface area contributed by atoms with E-state index in [1.165, 1.54) is 0 Å². The Morgan fingerprint density at radius 1 is 1.24 bits per heavy atom. The number of likely N-dealkylation sites (tertiary alicyclic amines) is 1. The van der Waals surface area contributed by atoms with Crippen molar-refractivity contribution in [1.29, 1.82) is 5.41 Å². The number of nitrogens with one attached hydrogen (secondary N) is 2. The van der Waals surface area contributed by atoms with E-state index in [9.17, 15) is 4.79 Å². The number of ether oxygens (including phenoxy) is 1. The van der Waals surface area contributed by atoms with Gasteiger partial charge in [-0.1, -0.05) is 25.2 Å². The molecule has 178 valence electrons. The minimum Gasteiger partial charge on any atom is -0.486 e. The van der Waals surface area contributed by atoms with Crippen LogP contribution in [0.2, 0.25) is 0 Å². The average molecular weight is 477 g/mol. The Morgan fingerprint density at radius 2 is 2.03 bits per heavy atom. The molecule has 0 bridgehead atoms. The highest BCUT2D eigenvalue weighted by Gasteiger charge is 2.28. The van der Waals surface area contributed by atoms with Gasteiger partial charge in [0.1, 0.15) is 11.9 Å². The number of anilines is 1. The summed E-state index contributed by atoms with van der Waals surface area (Å²) in [5.74, 6) is 1.83. The fraction of sp³-hybridized carbons (Fsp3) is 0.370. The molecule has 0 spiro atoms. The minimum absolute atomic E-state index is 0.0161. The molecule has 6 nitrogen and oxygen atoms in total. The lowest BCUT2D eigenvalue weighted by molar-refractivity contribution is -0.128. The Balaban J connectivity index is 1.42. The first-order valence-corrected chi connectivity index (χ1v) is 13.1. The largest absolute Gasteiger partial charge is 0.486 e. The highest BCUT2D eigenvalue weighted by atomic mass is 32.2. The standard InChI is InChI=1S/C27H32N4O2S/c1-19-6-3-4-8-25(19)33-22-11-9-20(10-12-22)27(28)23-17-29-14-13-24(23)30-16-21-7-5-15-31(21)26(32)18-34-2/h3-4,6,8-14,17,19,21,25,28H,5,7,15-16,18H2,1-2H3,(H,29,30)/t19?,21-,25?/m0/s1. The van der Waals surface area contributed by atoms with E-state index in [1.807, 2.05) is 53.6 Å². The molecule has 1 aromatic heterocycles. The van der Waals surface area contributed by atoms with Gasteiger partial charge in [-0.2, -0.15) is 11.8 Å². The fourth-order valence-electron chi connectivity index (χ4n) is 4.42. The van der Waals surface area contributed by atoms with Crippen LogP contribution in [0.5, 0.6) is 5.75 Å². The second-order valence-electron chi connectivity index (χ2n) is 8.73. The van der Waals surface area contributed by atoms with E-state index in [2.05, 4.69) is 29.4 Å². The number of nitrogens with zero attached hydrogens (tertiary/aromatic N) is 2. The molecule has 1 aliphatic heterocycles. The van der Waals surface area contributed by atoms with Crippen LogP contribution in [-0.2, 0) is 4.79 Å². The van der Waals surface area contributed by atoms with Crippen molar-refractivity contribution in [2.24, 2.45) is 5.92 Å². The van der Waals surface area contributed by atoms with E-state index in [1.54, 1.807) is 24.2 Å². The third kappa shape index (κ3) is 5.70. The third-order valence-corrected chi connectivity index (χ3v) is 6.88. The fourth-order valence-corrected chi connectivity index (χ4v) is 4.83. The van der Waals surface area contributed by atoms with Crippen molar-refractivity contribution in [3.8, 4) is 5.75 Å². The molecule has 2 aromatic rings. The number of allylic oxidation sites excluding steroid dienone is 2. The van der Waals surface area contributed by atoms with Gasteiger partial charge in [0.25, 0.3) is 0 Å². The molecule has 2 N–H and O–H groups in total. The van der Waals surface area contributed by atoms with Crippen LogP contribution in [0.25, 0.3) is 0 Å². The van der Waals surface area contributed by atoms with Crippen molar-refractivity contribution in [3.05, 3.63) is 78.2 Å². The van der Waals surface area contributed by atoms with Gasteiger partial charge in [-0.05, 0) is 55.5 Å². The zero-order valence-corrected chi connectivity index (χ0v) is 20.6. The molecule has 1 amide bonds. The summed E-state index contributed by atoms with van der Waals surface area (Å²) in [6.07, 6.45) is 15.7. The molecule has 1 aromatic carbocycles. The summed E-state index contributed by atoms with van der Waals surface area (Å²) in [4.78, 5) is 18.7. The Morgan fingerprint density at radius 3 is 2.79 bits per heavy atom. The lowest BCUT2D eigenvalue weighted by Crippen LogP contribution is -2.40. The Labute approximate surface area is 206 Å². The van der Waals surface area contributed by atoms with Gasteiger partial charge in [0, 0.05) is 54.3 Å².